The monoisotopic (exact) mass is 272 g/mol. The van der Waals surface area contributed by atoms with Crippen molar-refractivity contribution in [2.24, 2.45) is 0 Å². The molecule has 0 saturated carbocycles. The quantitative estimate of drug-likeness (QED) is 0.652. The molecule has 1 rings (SSSR count). The van der Waals surface area contributed by atoms with Crippen LogP contribution in [0.4, 0.5) is 8.78 Å². The summed E-state index contributed by atoms with van der Waals surface area (Å²) in [6.45, 7) is 2.99. The summed E-state index contributed by atoms with van der Waals surface area (Å²) in [5, 5.41) is 15.3. The fourth-order valence-corrected chi connectivity index (χ4v) is 1.56. The van der Waals surface area contributed by atoms with Crippen LogP contribution in [0.1, 0.15) is 25.0 Å². The molecule has 0 saturated heterocycles. The molecule has 4 nitrogen and oxygen atoms in total. The van der Waals surface area contributed by atoms with Crippen molar-refractivity contribution in [2.45, 2.75) is 19.4 Å². The van der Waals surface area contributed by atoms with Gasteiger partial charge >= 0.3 is 0 Å². The molecule has 0 spiro atoms. The minimum absolute atomic E-state index is 0.0719. The SMILES string of the molecule is CCNC(=O)CCNCC(O)c1ccc(F)c(F)c1. The number of halogens is 2. The third-order valence-electron chi connectivity index (χ3n) is 2.57. The second-order valence-corrected chi connectivity index (χ2v) is 4.10. The highest BCUT2D eigenvalue weighted by Crippen LogP contribution is 2.15. The van der Waals surface area contributed by atoms with Crippen molar-refractivity contribution in [2.75, 3.05) is 19.6 Å². The lowest BCUT2D eigenvalue weighted by atomic mass is 10.1. The average Bonchev–Trinajstić information content (AvgIpc) is 2.38. The van der Waals surface area contributed by atoms with Gasteiger partial charge in [-0.3, -0.25) is 4.79 Å². The summed E-state index contributed by atoms with van der Waals surface area (Å²) in [5.41, 5.74) is 0.296. The number of hydrogen-bond donors (Lipinski definition) is 3. The summed E-state index contributed by atoms with van der Waals surface area (Å²) in [5.74, 6) is -2.00. The van der Waals surface area contributed by atoms with E-state index in [2.05, 4.69) is 10.6 Å². The molecule has 0 aliphatic rings. The number of aliphatic hydroxyl groups excluding tert-OH is 1. The van der Waals surface area contributed by atoms with Gasteiger partial charge in [-0.2, -0.15) is 0 Å². The molecule has 1 atom stereocenters. The first kappa shape index (κ1) is 15.5. The molecule has 0 fully saturated rings. The van der Waals surface area contributed by atoms with Gasteiger partial charge in [-0.25, -0.2) is 8.78 Å². The number of nitrogens with one attached hydrogen (secondary N) is 2. The van der Waals surface area contributed by atoms with Gasteiger partial charge in [-0.1, -0.05) is 6.07 Å². The van der Waals surface area contributed by atoms with Gasteiger partial charge in [0.1, 0.15) is 0 Å². The number of hydrogen-bond acceptors (Lipinski definition) is 3. The van der Waals surface area contributed by atoms with Crippen LogP contribution in [0.15, 0.2) is 18.2 Å². The van der Waals surface area contributed by atoms with E-state index in [1.165, 1.54) is 6.07 Å². The van der Waals surface area contributed by atoms with Gasteiger partial charge in [0, 0.05) is 26.1 Å². The van der Waals surface area contributed by atoms with E-state index in [4.69, 9.17) is 0 Å². The average molecular weight is 272 g/mol. The summed E-state index contributed by atoms with van der Waals surface area (Å²) >= 11 is 0. The van der Waals surface area contributed by atoms with Crippen LogP contribution in [0.5, 0.6) is 0 Å². The predicted molar refractivity (Wildman–Crippen MR) is 67.5 cm³/mol. The zero-order valence-electron chi connectivity index (χ0n) is 10.7. The van der Waals surface area contributed by atoms with E-state index in [1.807, 2.05) is 6.92 Å². The van der Waals surface area contributed by atoms with Crippen molar-refractivity contribution >= 4 is 5.91 Å². The van der Waals surface area contributed by atoms with Gasteiger partial charge in [0.25, 0.3) is 0 Å². The van der Waals surface area contributed by atoms with Crippen LogP contribution in [-0.4, -0.2) is 30.6 Å². The van der Waals surface area contributed by atoms with Gasteiger partial charge in [0.05, 0.1) is 6.10 Å². The Balaban J connectivity index is 2.33. The normalized spacial score (nSPS) is 12.2. The second-order valence-electron chi connectivity index (χ2n) is 4.10. The minimum Gasteiger partial charge on any atom is -0.387 e. The highest BCUT2D eigenvalue weighted by atomic mass is 19.2. The van der Waals surface area contributed by atoms with Gasteiger partial charge < -0.3 is 15.7 Å². The molecule has 19 heavy (non-hydrogen) atoms. The molecule has 1 unspecified atom stereocenters. The number of aliphatic hydroxyl groups is 1. The first-order chi connectivity index (χ1) is 9.04. The van der Waals surface area contributed by atoms with E-state index in [9.17, 15) is 18.7 Å². The molecule has 0 aliphatic carbocycles. The van der Waals surface area contributed by atoms with E-state index in [1.54, 1.807) is 0 Å². The molecule has 0 radical (unpaired) electrons. The van der Waals surface area contributed by atoms with Gasteiger partial charge in [0.15, 0.2) is 11.6 Å². The summed E-state index contributed by atoms with van der Waals surface area (Å²) < 4.78 is 25.7. The highest BCUT2D eigenvalue weighted by molar-refractivity contribution is 5.75. The highest BCUT2D eigenvalue weighted by Gasteiger charge is 2.10. The van der Waals surface area contributed by atoms with Gasteiger partial charge in [0.2, 0.25) is 5.91 Å². The first-order valence-corrected chi connectivity index (χ1v) is 6.15. The lowest BCUT2D eigenvalue weighted by Gasteiger charge is -2.12. The van der Waals surface area contributed by atoms with Crippen molar-refractivity contribution in [3.63, 3.8) is 0 Å². The Hall–Kier alpha value is -1.53. The number of benzene rings is 1. The van der Waals surface area contributed by atoms with Crippen LogP contribution in [0.3, 0.4) is 0 Å². The van der Waals surface area contributed by atoms with Crippen LogP contribution in [-0.2, 0) is 4.79 Å². The minimum atomic E-state index is -0.987. The van der Waals surface area contributed by atoms with Crippen molar-refractivity contribution < 1.29 is 18.7 Å². The Bertz CT molecular complexity index is 427. The number of amides is 1. The van der Waals surface area contributed by atoms with Crippen LogP contribution >= 0.6 is 0 Å². The zero-order chi connectivity index (χ0) is 14.3. The van der Waals surface area contributed by atoms with E-state index in [0.717, 1.165) is 12.1 Å². The Morgan fingerprint density at radius 2 is 2.11 bits per heavy atom. The Kier molecular flexibility index (Phi) is 6.38. The molecular weight excluding hydrogens is 254 g/mol. The summed E-state index contributed by atoms with van der Waals surface area (Å²) in [4.78, 5) is 11.1. The molecule has 0 aromatic heterocycles. The lowest BCUT2D eigenvalue weighted by molar-refractivity contribution is -0.120. The van der Waals surface area contributed by atoms with Crippen LogP contribution in [0.25, 0.3) is 0 Å². The Morgan fingerprint density at radius 3 is 2.74 bits per heavy atom. The van der Waals surface area contributed by atoms with Crippen LogP contribution in [0, 0.1) is 11.6 Å². The first-order valence-electron chi connectivity index (χ1n) is 6.15. The fraction of sp³-hybridized carbons (Fsp3) is 0.462. The van der Waals surface area contributed by atoms with Gasteiger partial charge in [-0.15, -0.1) is 0 Å². The van der Waals surface area contributed by atoms with Crippen LogP contribution in [0.2, 0.25) is 0 Å². The third kappa shape index (κ3) is 5.32. The molecule has 1 aromatic carbocycles. The number of carbonyl (C=O) groups excluding carboxylic acids is 1. The third-order valence-corrected chi connectivity index (χ3v) is 2.57. The molecule has 106 valence electrons. The maximum Gasteiger partial charge on any atom is 0.221 e. The van der Waals surface area contributed by atoms with E-state index in [-0.39, 0.29) is 12.5 Å². The molecule has 1 aromatic rings. The molecule has 0 bridgehead atoms. The van der Waals surface area contributed by atoms with Crippen molar-refractivity contribution in [1.29, 1.82) is 0 Å². The Morgan fingerprint density at radius 1 is 1.37 bits per heavy atom. The molecule has 1 amide bonds. The second kappa shape index (κ2) is 7.81. The van der Waals surface area contributed by atoms with Gasteiger partial charge in [-0.05, 0) is 24.6 Å². The van der Waals surface area contributed by atoms with Crippen LogP contribution < -0.4 is 10.6 Å². The molecule has 3 N–H and O–H groups in total. The topological polar surface area (TPSA) is 61.4 Å². The lowest BCUT2D eigenvalue weighted by Crippen LogP contribution is -2.29. The van der Waals surface area contributed by atoms with E-state index < -0.39 is 17.7 Å². The van der Waals surface area contributed by atoms with Crippen molar-refractivity contribution in [3.05, 3.63) is 35.4 Å². The summed E-state index contributed by atoms with van der Waals surface area (Å²) in [7, 11) is 0. The number of rotatable bonds is 7. The molecule has 0 heterocycles. The maximum absolute atomic E-state index is 13.0. The zero-order valence-corrected chi connectivity index (χ0v) is 10.7. The number of carbonyl (C=O) groups is 1. The van der Waals surface area contributed by atoms with E-state index in [0.29, 0.717) is 25.1 Å². The molecule has 6 heteroatoms. The standard InChI is InChI=1S/C13H18F2N2O2/c1-2-17-13(19)5-6-16-8-12(18)9-3-4-10(14)11(15)7-9/h3-4,7,12,16,18H,2,5-6,8H2,1H3,(H,17,19). The molecule has 0 aliphatic heterocycles. The Labute approximate surface area is 110 Å². The summed E-state index contributed by atoms with van der Waals surface area (Å²) in [6.07, 6.45) is -0.637. The smallest absolute Gasteiger partial charge is 0.221 e. The summed E-state index contributed by atoms with van der Waals surface area (Å²) in [6, 6.07) is 3.27. The van der Waals surface area contributed by atoms with Crippen molar-refractivity contribution in [3.8, 4) is 0 Å². The molecular formula is C13H18F2N2O2. The van der Waals surface area contributed by atoms with Crippen molar-refractivity contribution in [1.82, 2.24) is 10.6 Å². The van der Waals surface area contributed by atoms with E-state index >= 15 is 0 Å². The predicted octanol–water partition coefficient (Wildman–Crippen LogP) is 1.11. The largest absolute Gasteiger partial charge is 0.387 e. The fourth-order valence-electron chi connectivity index (χ4n) is 1.56. The maximum atomic E-state index is 13.0.